The number of nitrogens with one attached hydrogen (secondary N) is 1. The molecule has 0 fully saturated rings. The Hall–Kier alpha value is -1.57. The van der Waals surface area contributed by atoms with Crippen molar-refractivity contribution in [3.63, 3.8) is 0 Å². The Morgan fingerprint density at radius 3 is 2.84 bits per heavy atom. The highest BCUT2D eigenvalue weighted by molar-refractivity contribution is 7.92. The summed E-state index contributed by atoms with van der Waals surface area (Å²) < 4.78 is 31.7. The first-order valence-corrected chi connectivity index (χ1v) is 7.13. The number of anilines is 1. The van der Waals surface area contributed by atoms with Gasteiger partial charge < -0.3 is 9.52 Å². The summed E-state index contributed by atoms with van der Waals surface area (Å²) >= 11 is 5.84. The normalized spacial score (nSPS) is 11.5. The van der Waals surface area contributed by atoms with Gasteiger partial charge in [0, 0.05) is 12.3 Å². The molecule has 0 aliphatic heterocycles. The highest BCUT2D eigenvalue weighted by Crippen LogP contribution is 2.25. The van der Waals surface area contributed by atoms with Crippen LogP contribution in [0.3, 0.4) is 0 Å². The number of furan rings is 1. The first-order valence-electron chi connectivity index (χ1n) is 5.27. The van der Waals surface area contributed by atoms with Crippen LogP contribution < -0.4 is 4.72 Å². The van der Waals surface area contributed by atoms with Crippen LogP contribution in [0.4, 0.5) is 5.82 Å². The van der Waals surface area contributed by atoms with Crippen molar-refractivity contribution in [3.05, 3.63) is 40.9 Å². The predicted octanol–water partition coefficient (Wildman–Crippen LogP) is 1.93. The number of aryl methyl sites for hydroxylation is 1. The van der Waals surface area contributed by atoms with Crippen molar-refractivity contribution >= 4 is 27.4 Å². The molecule has 8 heteroatoms. The molecular weight excluding hydrogens is 292 g/mol. The average Bonchev–Trinajstić information content (AvgIpc) is 2.74. The molecule has 6 nitrogen and oxygen atoms in total. The molecule has 2 N–H and O–H groups in total. The number of aliphatic hydroxyl groups excluding tert-OH is 1. The van der Waals surface area contributed by atoms with Gasteiger partial charge in [-0.1, -0.05) is 11.6 Å². The summed E-state index contributed by atoms with van der Waals surface area (Å²) in [6, 6.07) is 4.37. The minimum Gasteiger partial charge on any atom is -0.462 e. The Labute approximate surface area is 115 Å². The van der Waals surface area contributed by atoms with Crippen molar-refractivity contribution < 1.29 is 17.9 Å². The molecule has 0 saturated carbocycles. The summed E-state index contributed by atoms with van der Waals surface area (Å²) in [7, 11) is -3.86. The van der Waals surface area contributed by atoms with Crippen LogP contribution in [0.25, 0.3) is 0 Å². The lowest BCUT2D eigenvalue weighted by molar-refractivity contribution is 0.245. The van der Waals surface area contributed by atoms with Crippen LogP contribution in [0.2, 0.25) is 5.02 Å². The fourth-order valence-electron chi connectivity index (χ4n) is 1.51. The van der Waals surface area contributed by atoms with Gasteiger partial charge in [0.15, 0.2) is 5.82 Å². The third kappa shape index (κ3) is 2.89. The SMILES string of the molecule is Cc1oc(CO)cc1S(=O)(=O)Nc1ncccc1Cl. The minimum atomic E-state index is -3.86. The van der Waals surface area contributed by atoms with E-state index >= 15 is 0 Å². The van der Waals surface area contributed by atoms with E-state index in [1.54, 1.807) is 6.07 Å². The molecule has 2 aromatic rings. The lowest BCUT2D eigenvalue weighted by Gasteiger charge is -2.07. The van der Waals surface area contributed by atoms with E-state index in [2.05, 4.69) is 9.71 Å². The second kappa shape index (κ2) is 5.20. The maximum Gasteiger partial charge on any atom is 0.266 e. The lowest BCUT2D eigenvalue weighted by Crippen LogP contribution is -2.14. The molecule has 0 spiro atoms. The monoisotopic (exact) mass is 302 g/mol. The van der Waals surface area contributed by atoms with Gasteiger partial charge in [-0.3, -0.25) is 4.72 Å². The molecule has 2 rings (SSSR count). The average molecular weight is 303 g/mol. The third-order valence-corrected chi connectivity index (χ3v) is 4.11. The molecule has 102 valence electrons. The van der Waals surface area contributed by atoms with Crippen molar-refractivity contribution in [1.29, 1.82) is 0 Å². The standard InChI is InChI=1S/C11H11ClN2O4S/c1-7-10(5-8(6-15)18-7)19(16,17)14-11-9(12)3-2-4-13-11/h2-5,15H,6H2,1H3,(H,13,14). The summed E-state index contributed by atoms with van der Waals surface area (Å²) in [5.41, 5.74) is 0. The zero-order valence-corrected chi connectivity index (χ0v) is 11.5. The second-order valence-electron chi connectivity index (χ2n) is 3.73. The number of hydrogen-bond acceptors (Lipinski definition) is 5. The van der Waals surface area contributed by atoms with Gasteiger partial charge in [-0.25, -0.2) is 13.4 Å². The maximum absolute atomic E-state index is 12.2. The third-order valence-electron chi connectivity index (χ3n) is 2.36. The summed E-state index contributed by atoms with van der Waals surface area (Å²) in [6.45, 7) is 1.12. The first kappa shape index (κ1) is 13.9. The van der Waals surface area contributed by atoms with Gasteiger partial charge in [0.2, 0.25) is 0 Å². The molecule has 0 atom stereocenters. The van der Waals surface area contributed by atoms with Crippen molar-refractivity contribution in [3.8, 4) is 0 Å². The molecule has 0 saturated heterocycles. The van der Waals surface area contributed by atoms with Crippen molar-refractivity contribution in [2.45, 2.75) is 18.4 Å². The highest BCUT2D eigenvalue weighted by atomic mass is 35.5. The van der Waals surface area contributed by atoms with Gasteiger partial charge in [0.1, 0.15) is 23.0 Å². The smallest absolute Gasteiger partial charge is 0.266 e. The number of aliphatic hydroxyl groups is 1. The van der Waals surface area contributed by atoms with E-state index in [0.717, 1.165) is 0 Å². The van der Waals surface area contributed by atoms with Gasteiger partial charge in [0.05, 0.1) is 5.02 Å². The van der Waals surface area contributed by atoms with E-state index in [-0.39, 0.29) is 33.9 Å². The van der Waals surface area contributed by atoms with Gasteiger partial charge in [-0.2, -0.15) is 0 Å². The summed E-state index contributed by atoms with van der Waals surface area (Å²) in [6.07, 6.45) is 1.42. The van der Waals surface area contributed by atoms with Crippen molar-refractivity contribution in [1.82, 2.24) is 4.98 Å². The molecule has 0 amide bonds. The zero-order chi connectivity index (χ0) is 14.0. The fourth-order valence-corrected chi connectivity index (χ4v) is 2.97. The van der Waals surface area contributed by atoms with Crippen LogP contribution in [0.1, 0.15) is 11.5 Å². The molecule has 0 unspecified atom stereocenters. The second-order valence-corrected chi connectivity index (χ2v) is 5.79. The van der Waals surface area contributed by atoms with Crippen LogP contribution in [-0.2, 0) is 16.6 Å². The van der Waals surface area contributed by atoms with Crippen LogP contribution >= 0.6 is 11.6 Å². The van der Waals surface area contributed by atoms with Crippen molar-refractivity contribution in [2.75, 3.05) is 4.72 Å². The summed E-state index contributed by atoms with van der Waals surface area (Å²) in [4.78, 5) is 3.79. The number of pyridine rings is 1. The lowest BCUT2D eigenvalue weighted by atomic mass is 10.4. The molecule has 2 heterocycles. The highest BCUT2D eigenvalue weighted by Gasteiger charge is 2.22. The summed E-state index contributed by atoms with van der Waals surface area (Å²) in [5, 5.41) is 9.12. The van der Waals surface area contributed by atoms with Crippen molar-refractivity contribution in [2.24, 2.45) is 0 Å². The van der Waals surface area contributed by atoms with E-state index < -0.39 is 10.0 Å². The Bertz CT molecular complexity index is 696. The molecule has 0 bridgehead atoms. The predicted molar refractivity (Wildman–Crippen MR) is 69.4 cm³/mol. The Morgan fingerprint density at radius 2 is 2.26 bits per heavy atom. The molecular formula is C11H11ClN2O4S. The molecule has 19 heavy (non-hydrogen) atoms. The number of nitrogens with zero attached hydrogens (tertiary/aromatic N) is 1. The number of sulfonamides is 1. The van der Waals surface area contributed by atoms with Gasteiger partial charge in [-0.05, 0) is 19.1 Å². The van der Waals surface area contributed by atoms with Crippen LogP contribution in [0, 0.1) is 6.92 Å². The number of halogens is 1. The fraction of sp³-hybridized carbons (Fsp3) is 0.182. The van der Waals surface area contributed by atoms with Gasteiger partial charge in [-0.15, -0.1) is 0 Å². The Kier molecular flexibility index (Phi) is 3.79. The van der Waals surface area contributed by atoms with Crippen LogP contribution in [0.15, 0.2) is 33.7 Å². The molecule has 0 aliphatic carbocycles. The first-order chi connectivity index (χ1) is 8.94. The number of hydrogen-bond donors (Lipinski definition) is 2. The van der Waals surface area contributed by atoms with E-state index in [1.807, 2.05) is 0 Å². The van der Waals surface area contributed by atoms with E-state index in [4.69, 9.17) is 21.1 Å². The van der Waals surface area contributed by atoms with Crippen LogP contribution in [0.5, 0.6) is 0 Å². The molecule has 0 aliphatic rings. The largest absolute Gasteiger partial charge is 0.462 e. The van der Waals surface area contributed by atoms with E-state index in [9.17, 15) is 8.42 Å². The Morgan fingerprint density at radius 1 is 1.53 bits per heavy atom. The Balaban J connectivity index is 2.38. The van der Waals surface area contributed by atoms with E-state index in [1.165, 1.54) is 25.3 Å². The molecule has 0 aromatic carbocycles. The number of aromatic nitrogens is 1. The van der Waals surface area contributed by atoms with Gasteiger partial charge >= 0.3 is 0 Å². The van der Waals surface area contributed by atoms with Gasteiger partial charge in [0.25, 0.3) is 10.0 Å². The quantitative estimate of drug-likeness (QED) is 0.900. The zero-order valence-electron chi connectivity index (χ0n) is 9.92. The molecule has 0 radical (unpaired) electrons. The summed E-state index contributed by atoms with van der Waals surface area (Å²) in [5.74, 6) is 0.393. The van der Waals surface area contributed by atoms with E-state index in [0.29, 0.717) is 0 Å². The maximum atomic E-state index is 12.2. The topological polar surface area (TPSA) is 92.4 Å². The number of rotatable bonds is 4. The molecule has 2 aromatic heterocycles. The van der Waals surface area contributed by atoms with Crippen LogP contribution in [-0.4, -0.2) is 18.5 Å². The minimum absolute atomic E-state index is 0.0373.